The maximum absolute atomic E-state index is 5.64. The van der Waals surface area contributed by atoms with Gasteiger partial charge in [-0.3, -0.25) is 0 Å². The van der Waals surface area contributed by atoms with E-state index in [0.29, 0.717) is 5.82 Å². The molecule has 0 aliphatic carbocycles. The molecule has 2 aromatic heterocycles. The van der Waals surface area contributed by atoms with Crippen molar-refractivity contribution in [1.82, 2.24) is 15.0 Å². The first-order valence-electron chi connectivity index (χ1n) is 22.3. The van der Waals surface area contributed by atoms with Crippen LogP contribution in [0.25, 0.3) is 112 Å². The van der Waals surface area contributed by atoms with Crippen LogP contribution in [-0.2, 0) is 0 Å². The topological polar surface area (TPSA) is 38.7 Å². The van der Waals surface area contributed by atoms with Gasteiger partial charge >= 0.3 is 0 Å². The highest BCUT2D eigenvalue weighted by Crippen LogP contribution is 2.49. The predicted molar refractivity (Wildman–Crippen MR) is 274 cm³/mol. The van der Waals surface area contributed by atoms with E-state index in [0.717, 1.165) is 101 Å². The minimum Gasteiger partial charge on any atom is -0.246 e. The lowest BCUT2D eigenvalue weighted by atomic mass is 9.82. The minimum absolute atomic E-state index is 0.682. The fourth-order valence-electron chi connectivity index (χ4n) is 8.89. The summed E-state index contributed by atoms with van der Waals surface area (Å²) in [5.74, 6) is 0.682. The summed E-state index contributed by atoms with van der Waals surface area (Å²) in [6.07, 6.45) is 0. The molecule has 0 saturated heterocycles. The Morgan fingerprint density at radius 1 is 0.182 bits per heavy atom. The van der Waals surface area contributed by atoms with Crippen molar-refractivity contribution in [3.05, 3.63) is 261 Å². The Hall–Kier alpha value is -8.79. The molecule has 0 bridgehead atoms. The third-order valence-electron chi connectivity index (χ3n) is 12.1. The van der Waals surface area contributed by atoms with Gasteiger partial charge in [-0.15, -0.1) is 0 Å². The third-order valence-corrected chi connectivity index (χ3v) is 12.1. The first kappa shape index (κ1) is 40.0. The maximum atomic E-state index is 5.64. The van der Waals surface area contributed by atoms with Gasteiger partial charge < -0.3 is 0 Å². The number of aromatic nitrogens is 3. The zero-order valence-corrected chi connectivity index (χ0v) is 36.2. The Kier molecular flexibility index (Phi) is 11.0. The minimum atomic E-state index is 0.682. The van der Waals surface area contributed by atoms with Crippen LogP contribution in [0.15, 0.2) is 261 Å². The third kappa shape index (κ3) is 8.14. The van der Waals surface area contributed by atoms with Gasteiger partial charge in [0.05, 0.1) is 22.8 Å². The molecule has 0 amide bonds. The van der Waals surface area contributed by atoms with Gasteiger partial charge in [-0.05, 0) is 57.1 Å². The summed E-state index contributed by atoms with van der Waals surface area (Å²) in [4.78, 5) is 16.0. The lowest BCUT2D eigenvalue weighted by Crippen LogP contribution is -2.01. The molecule has 3 nitrogen and oxygen atoms in total. The van der Waals surface area contributed by atoms with Crippen LogP contribution in [0.4, 0.5) is 0 Å². The van der Waals surface area contributed by atoms with Crippen LogP contribution in [0.5, 0.6) is 0 Å². The maximum Gasteiger partial charge on any atom is 0.160 e. The van der Waals surface area contributed by atoms with Crippen molar-refractivity contribution in [3.63, 3.8) is 0 Å². The summed E-state index contributed by atoms with van der Waals surface area (Å²) in [6.45, 7) is 0. The van der Waals surface area contributed by atoms with Gasteiger partial charge in [-0.1, -0.05) is 243 Å². The van der Waals surface area contributed by atoms with Gasteiger partial charge in [0.25, 0.3) is 0 Å². The molecule has 3 heteroatoms. The van der Waals surface area contributed by atoms with Gasteiger partial charge in [-0.2, -0.15) is 0 Å². The lowest BCUT2D eigenvalue weighted by Gasteiger charge is -2.23. The van der Waals surface area contributed by atoms with Crippen LogP contribution < -0.4 is 0 Å². The van der Waals surface area contributed by atoms with Crippen LogP contribution in [-0.4, -0.2) is 15.0 Å². The average Bonchev–Trinajstić information content (AvgIpc) is 3.41. The molecule has 0 radical (unpaired) electrons. The largest absolute Gasteiger partial charge is 0.246 e. The van der Waals surface area contributed by atoms with Crippen molar-refractivity contribution >= 4 is 0 Å². The van der Waals surface area contributed by atoms with Crippen molar-refractivity contribution < 1.29 is 0 Å². The Balaban J connectivity index is 1.09. The summed E-state index contributed by atoms with van der Waals surface area (Å²) in [7, 11) is 0. The highest BCUT2D eigenvalue weighted by atomic mass is 14.9. The number of nitrogens with zero attached hydrogens (tertiary/aromatic N) is 3. The Morgan fingerprint density at radius 3 is 1.00 bits per heavy atom. The fraction of sp³-hybridized carbons (Fsp3) is 0. The van der Waals surface area contributed by atoms with E-state index in [1.807, 2.05) is 12.1 Å². The predicted octanol–water partition coefficient (Wildman–Crippen LogP) is 16.5. The molecule has 0 unspecified atom stereocenters. The number of hydrogen-bond donors (Lipinski definition) is 0. The highest BCUT2D eigenvalue weighted by molar-refractivity contribution is 6.05. The van der Waals surface area contributed by atoms with E-state index in [-0.39, 0.29) is 0 Å². The van der Waals surface area contributed by atoms with Crippen molar-refractivity contribution in [3.8, 4) is 112 Å². The summed E-state index contributed by atoms with van der Waals surface area (Å²) < 4.78 is 0. The number of rotatable bonds is 10. The molecular weight excluding hydrogens is 799 g/mol. The molecule has 66 heavy (non-hydrogen) atoms. The van der Waals surface area contributed by atoms with E-state index < -0.39 is 0 Å². The molecule has 0 saturated carbocycles. The van der Waals surface area contributed by atoms with Crippen LogP contribution in [0, 0.1) is 0 Å². The molecule has 0 atom stereocenters. The lowest BCUT2D eigenvalue weighted by molar-refractivity contribution is 1.18. The quantitative estimate of drug-likeness (QED) is 0.138. The summed E-state index contributed by atoms with van der Waals surface area (Å²) >= 11 is 0. The molecule has 11 aromatic rings. The average molecular weight is 842 g/mol. The van der Waals surface area contributed by atoms with Crippen LogP contribution in [0.3, 0.4) is 0 Å². The normalized spacial score (nSPS) is 11.0. The molecule has 0 spiro atoms. The molecule has 0 aliphatic rings. The smallest absolute Gasteiger partial charge is 0.160 e. The van der Waals surface area contributed by atoms with E-state index in [4.69, 9.17) is 15.0 Å². The molecule has 11 rings (SSSR count). The Bertz CT molecular complexity index is 3310. The first-order chi connectivity index (χ1) is 32.7. The van der Waals surface area contributed by atoms with Gasteiger partial charge in [0.15, 0.2) is 5.82 Å². The van der Waals surface area contributed by atoms with Crippen molar-refractivity contribution in [2.75, 3.05) is 0 Å². The molecule has 2 heterocycles. The monoisotopic (exact) mass is 841 g/mol. The van der Waals surface area contributed by atoms with E-state index in [2.05, 4.69) is 249 Å². The molecular formula is C63H43N3. The molecule has 9 aromatic carbocycles. The Morgan fingerprint density at radius 2 is 0.515 bits per heavy atom. The molecule has 0 N–H and O–H groups in total. The Labute approximate surface area is 386 Å². The van der Waals surface area contributed by atoms with Crippen LogP contribution in [0.2, 0.25) is 0 Å². The summed E-state index contributed by atoms with van der Waals surface area (Å²) in [5, 5.41) is 0. The highest BCUT2D eigenvalue weighted by Gasteiger charge is 2.25. The summed E-state index contributed by atoms with van der Waals surface area (Å²) in [6, 6.07) is 91.8. The number of benzene rings is 9. The van der Waals surface area contributed by atoms with E-state index in [1.54, 1.807) is 0 Å². The van der Waals surface area contributed by atoms with Crippen molar-refractivity contribution in [1.29, 1.82) is 0 Å². The molecule has 0 fully saturated rings. The molecule has 310 valence electrons. The van der Waals surface area contributed by atoms with Gasteiger partial charge in [0, 0.05) is 44.5 Å². The van der Waals surface area contributed by atoms with Gasteiger partial charge in [0.2, 0.25) is 0 Å². The van der Waals surface area contributed by atoms with Gasteiger partial charge in [-0.25, -0.2) is 15.0 Å². The second-order valence-electron chi connectivity index (χ2n) is 16.3. The first-order valence-corrected chi connectivity index (χ1v) is 22.3. The second-order valence-corrected chi connectivity index (χ2v) is 16.3. The fourth-order valence-corrected chi connectivity index (χ4v) is 8.89. The standard InChI is InChI=1S/C63H43N3/c1-7-21-44(22-8-1)45-37-39-51(40-38-45)63-64-56(46-23-9-2-10-24-46)43-57(65-63)54-35-19-33-52(41-54)53-34-20-36-55(42-53)58-59(47-25-11-3-12-26-47)61(49-29-15-5-16-30-49)66-62(50-31-17-6-18-32-50)60(58)48-27-13-4-14-28-48/h1-43H. The number of pyridine rings is 1. The SMILES string of the molecule is c1ccc(-c2ccc(-c3nc(-c4ccccc4)cc(-c4cccc(-c5cccc(-c6c(-c7ccccc7)c(-c7ccccc7)nc(-c7ccccc7)c6-c6ccccc6)c5)c4)n3)cc2)cc1. The van der Waals surface area contributed by atoms with Gasteiger partial charge in [0.1, 0.15) is 0 Å². The number of hydrogen-bond acceptors (Lipinski definition) is 3. The second kappa shape index (κ2) is 18.1. The summed E-state index contributed by atoms with van der Waals surface area (Å²) in [5.41, 5.74) is 19.9. The van der Waals surface area contributed by atoms with E-state index >= 15 is 0 Å². The zero-order valence-electron chi connectivity index (χ0n) is 36.2. The van der Waals surface area contributed by atoms with E-state index in [9.17, 15) is 0 Å². The van der Waals surface area contributed by atoms with Crippen LogP contribution in [0.1, 0.15) is 0 Å². The van der Waals surface area contributed by atoms with Crippen molar-refractivity contribution in [2.24, 2.45) is 0 Å². The molecule has 0 aliphatic heterocycles. The van der Waals surface area contributed by atoms with Crippen LogP contribution >= 0.6 is 0 Å². The van der Waals surface area contributed by atoms with E-state index in [1.165, 1.54) is 5.56 Å². The van der Waals surface area contributed by atoms with Crippen molar-refractivity contribution in [2.45, 2.75) is 0 Å². The zero-order chi connectivity index (χ0) is 44.1.